The zero-order valence-corrected chi connectivity index (χ0v) is 14.6. The quantitative estimate of drug-likeness (QED) is 0.861. The molecule has 128 valence electrons. The van der Waals surface area contributed by atoms with Crippen molar-refractivity contribution in [3.05, 3.63) is 36.3 Å². The number of amides is 1. The van der Waals surface area contributed by atoms with E-state index in [1.54, 1.807) is 0 Å². The molecule has 0 spiro atoms. The summed E-state index contributed by atoms with van der Waals surface area (Å²) < 4.78 is 1.99. The molecular formula is C16H24Cl2N4O. The van der Waals surface area contributed by atoms with Crippen molar-refractivity contribution in [3.63, 3.8) is 0 Å². The highest BCUT2D eigenvalue weighted by molar-refractivity contribution is 5.85. The monoisotopic (exact) mass is 358 g/mol. The van der Waals surface area contributed by atoms with E-state index in [1.807, 2.05) is 35.0 Å². The van der Waals surface area contributed by atoms with E-state index in [-0.39, 0.29) is 36.8 Å². The Bertz CT molecular complexity index is 598. The number of hydrogen-bond acceptors (Lipinski definition) is 3. The van der Waals surface area contributed by atoms with Crippen LogP contribution >= 0.6 is 24.8 Å². The first-order valence-electron chi connectivity index (χ1n) is 7.67. The van der Waals surface area contributed by atoms with Crippen molar-refractivity contribution < 1.29 is 4.79 Å². The summed E-state index contributed by atoms with van der Waals surface area (Å²) in [4.78, 5) is 16.4. The molecule has 1 saturated carbocycles. The number of nitrogens with zero attached hydrogens (tertiary/aromatic N) is 2. The molecule has 0 bridgehead atoms. The van der Waals surface area contributed by atoms with Crippen LogP contribution in [0.3, 0.4) is 0 Å². The Morgan fingerprint density at radius 2 is 2.17 bits per heavy atom. The van der Waals surface area contributed by atoms with Gasteiger partial charge in [0, 0.05) is 37.8 Å². The summed E-state index contributed by atoms with van der Waals surface area (Å²) in [6.07, 6.45) is 8.59. The van der Waals surface area contributed by atoms with Gasteiger partial charge < -0.3 is 15.5 Å². The summed E-state index contributed by atoms with van der Waals surface area (Å²) in [5, 5.41) is 2.98. The first-order valence-corrected chi connectivity index (χ1v) is 7.67. The van der Waals surface area contributed by atoms with E-state index in [0.717, 1.165) is 37.0 Å². The minimum atomic E-state index is 0. The van der Waals surface area contributed by atoms with Crippen LogP contribution in [-0.2, 0) is 11.2 Å². The number of aromatic nitrogens is 2. The molecule has 0 radical (unpaired) electrons. The molecule has 1 aliphatic rings. The molecule has 0 aliphatic heterocycles. The number of nitrogens with two attached hydrogens (primary N) is 1. The van der Waals surface area contributed by atoms with Gasteiger partial charge in [0.15, 0.2) is 0 Å². The van der Waals surface area contributed by atoms with Gasteiger partial charge in [-0.1, -0.05) is 12.5 Å². The van der Waals surface area contributed by atoms with Crippen molar-refractivity contribution in [3.8, 4) is 0 Å². The largest absolute Gasteiger partial charge is 0.356 e. The molecule has 2 aromatic rings. The van der Waals surface area contributed by atoms with Crippen molar-refractivity contribution in [2.24, 2.45) is 11.7 Å². The van der Waals surface area contributed by atoms with Crippen molar-refractivity contribution >= 4 is 36.4 Å². The Kier molecular flexibility index (Phi) is 7.82. The number of halogens is 2. The van der Waals surface area contributed by atoms with Crippen LogP contribution in [-0.4, -0.2) is 27.9 Å². The van der Waals surface area contributed by atoms with E-state index in [4.69, 9.17) is 5.73 Å². The Hall–Kier alpha value is -1.30. The third-order valence-electron chi connectivity index (χ3n) is 4.28. The Labute approximate surface area is 148 Å². The molecule has 5 nitrogen and oxygen atoms in total. The minimum Gasteiger partial charge on any atom is -0.356 e. The smallest absolute Gasteiger partial charge is 0.220 e. The summed E-state index contributed by atoms with van der Waals surface area (Å²) >= 11 is 0. The first-order chi connectivity index (χ1) is 10.2. The van der Waals surface area contributed by atoms with E-state index in [9.17, 15) is 4.79 Å². The minimum absolute atomic E-state index is 0. The van der Waals surface area contributed by atoms with Crippen LogP contribution in [0.2, 0.25) is 0 Å². The topological polar surface area (TPSA) is 72.4 Å². The average Bonchev–Trinajstić information content (AvgIpc) is 3.05. The molecule has 1 aliphatic carbocycles. The Balaban J connectivity index is 0.00000132. The van der Waals surface area contributed by atoms with Gasteiger partial charge in [-0.2, -0.15) is 0 Å². The molecule has 0 saturated heterocycles. The first kappa shape index (κ1) is 19.7. The SMILES string of the molecule is Cl.Cl.N[C@@H]1CCC[C@H]1CC(=O)NCCc1cn2ccccc2n1. The molecular weight excluding hydrogens is 335 g/mol. The maximum Gasteiger partial charge on any atom is 0.220 e. The number of imidazole rings is 1. The lowest BCUT2D eigenvalue weighted by molar-refractivity contribution is -0.122. The van der Waals surface area contributed by atoms with Crippen LogP contribution in [0.5, 0.6) is 0 Å². The van der Waals surface area contributed by atoms with Gasteiger partial charge in [0.05, 0.1) is 5.69 Å². The number of carbonyl (C=O) groups excluding carboxylic acids is 1. The van der Waals surface area contributed by atoms with Crippen LogP contribution < -0.4 is 11.1 Å². The van der Waals surface area contributed by atoms with E-state index in [0.29, 0.717) is 18.9 Å². The summed E-state index contributed by atoms with van der Waals surface area (Å²) in [5.41, 5.74) is 7.94. The van der Waals surface area contributed by atoms with Gasteiger partial charge in [0.25, 0.3) is 0 Å². The van der Waals surface area contributed by atoms with Gasteiger partial charge in [-0.05, 0) is 30.9 Å². The zero-order valence-electron chi connectivity index (χ0n) is 13.0. The molecule has 2 heterocycles. The zero-order chi connectivity index (χ0) is 14.7. The predicted molar refractivity (Wildman–Crippen MR) is 96.3 cm³/mol. The highest BCUT2D eigenvalue weighted by Crippen LogP contribution is 2.26. The number of nitrogens with one attached hydrogen (secondary N) is 1. The molecule has 23 heavy (non-hydrogen) atoms. The third kappa shape index (κ3) is 5.09. The van der Waals surface area contributed by atoms with Gasteiger partial charge in [0.2, 0.25) is 5.91 Å². The highest BCUT2D eigenvalue weighted by atomic mass is 35.5. The molecule has 1 amide bonds. The van der Waals surface area contributed by atoms with Crippen LogP contribution in [0.1, 0.15) is 31.4 Å². The van der Waals surface area contributed by atoms with Gasteiger partial charge in [-0.25, -0.2) is 4.98 Å². The van der Waals surface area contributed by atoms with Gasteiger partial charge in [-0.3, -0.25) is 4.79 Å². The van der Waals surface area contributed by atoms with Crippen molar-refractivity contribution in [2.75, 3.05) is 6.54 Å². The molecule has 3 rings (SSSR count). The number of rotatable bonds is 5. The number of carbonyl (C=O) groups is 1. The lowest BCUT2D eigenvalue weighted by Gasteiger charge is -2.14. The second-order valence-electron chi connectivity index (χ2n) is 5.86. The van der Waals surface area contributed by atoms with Crippen LogP contribution in [0.15, 0.2) is 30.6 Å². The number of hydrogen-bond donors (Lipinski definition) is 2. The van der Waals surface area contributed by atoms with E-state index < -0.39 is 0 Å². The molecule has 0 unspecified atom stereocenters. The molecule has 1 fully saturated rings. The van der Waals surface area contributed by atoms with Gasteiger partial charge in [-0.15, -0.1) is 24.8 Å². The summed E-state index contributed by atoms with van der Waals surface area (Å²) in [7, 11) is 0. The van der Waals surface area contributed by atoms with Crippen molar-refractivity contribution in [1.29, 1.82) is 0 Å². The highest BCUT2D eigenvalue weighted by Gasteiger charge is 2.25. The third-order valence-corrected chi connectivity index (χ3v) is 4.28. The number of fused-ring (bicyclic) bond motifs is 1. The summed E-state index contributed by atoms with van der Waals surface area (Å²) in [6, 6.07) is 6.13. The molecule has 0 aromatic carbocycles. The van der Waals surface area contributed by atoms with Gasteiger partial charge >= 0.3 is 0 Å². The number of pyridine rings is 1. The fourth-order valence-corrected chi connectivity index (χ4v) is 3.07. The predicted octanol–water partition coefficient (Wildman–Crippen LogP) is 2.35. The fraction of sp³-hybridized carbons (Fsp3) is 0.500. The van der Waals surface area contributed by atoms with Crippen LogP contribution in [0, 0.1) is 5.92 Å². The maximum absolute atomic E-state index is 11.9. The maximum atomic E-state index is 11.9. The molecule has 7 heteroatoms. The van der Waals surface area contributed by atoms with Crippen molar-refractivity contribution in [2.45, 2.75) is 38.1 Å². The normalized spacial score (nSPS) is 19.9. The Morgan fingerprint density at radius 3 is 2.87 bits per heavy atom. The summed E-state index contributed by atoms with van der Waals surface area (Å²) in [5.74, 6) is 0.473. The second kappa shape index (κ2) is 9.11. The standard InChI is InChI=1S/C16H22N4O.2ClH/c17-14-5-3-4-12(14)10-16(21)18-8-7-13-11-20-9-2-1-6-15(20)19-13;;/h1-2,6,9,11-12,14H,3-5,7-8,10,17H2,(H,18,21);2*1H/t12-,14+;;/m0../s1. The van der Waals surface area contributed by atoms with Crippen molar-refractivity contribution in [1.82, 2.24) is 14.7 Å². The lowest BCUT2D eigenvalue weighted by Crippen LogP contribution is -2.32. The Morgan fingerprint density at radius 1 is 1.35 bits per heavy atom. The summed E-state index contributed by atoms with van der Waals surface area (Å²) in [6.45, 7) is 0.630. The van der Waals surface area contributed by atoms with Crippen LogP contribution in [0.4, 0.5) is 0 Å². The molecule has 2 atom stereocenters. The molecule has 3 N–H and O–H groups in total. The van der Waals surface area contributed by atoms with E-state index >= 15 is 0 Å². The van der Waals surface area contributed by atoms with Crippen LogP contribution in [0.25, 0.3) is 5.65 Å². The van der Waals surface area contributed by atoms with Gasteiger partial charge in [0.1, 0.15) is 5.65 Å². The average molecular weight is 359 g/mol. The van der Waals surface area contributed by atoms with E-state index in [2.05, 4.69) is 10.3 Å². The second-order valence-corrected chi connectivity index (χ2v) is 5.86. The lowest BCUT2D eigenvalue weighted by atomic mass is 10.00. The van der Waals surface area contributed by atoms with E-state index in [1.165, 1.54) is 0 Å². The fourth-order valence-electron chi connectivity index (χ4n) is 3.07. The molecule has 2 aromatic heterocycles.